The van der Waals surface area contributed by atoms with Gasteiger partial charge in [-0.1, -0.05) is 42.5 Å². The topological polar surface area (TPSA) is 107 Å². The lowest BCUT2D eigenvalue weighted by atomic mass is 10.0. The van der Waals surface area contributed by atoms with Gasteiger partial charge in [0, 0.05) is 42.5 Å². The summed E-state index contributed by atoms with van der Waals surface area (Å²) in [6.45, 7) is 5.05. The van der Waals surface area contributed by atoms with Crippen LogP contribution in [0.25, 0.3) is 27.5 Å². The van der Waals surface area contributed by atoms with Gasteiger partial charge in [-0.3, -0.25) is 14.4 Å². The van der Waals surface area contributed by atoms with Gasteiger partial charge in [0.05, 0.1) is 24.7 Å². The molecule has 10 nitrogen and oxygen atoms in total. The van der Waals surface area contributed by atoms with Gasteiger partial charge in [-0.25, -0.2) is 9.50 Å². The number of hydrogen-bond acceptors (Lipinski definition) is 7. The molecule has 2 aliphatic rings. The smallest absolute Gasteiger partial charge is 0.248 e. The van der Waals surface area contributed by atoms with Crippen LogP contribution in [0.4, 0.5) is 5.82 Å². The first kappa shape index (κ1) is 24.7. The fraction of sp³-hybridized carbons (Fsp3) is 0.333. The lowest BCUT2D eigenvalue weighted by Crippen LogP contribution is -2.60. The number of ether oxygens (including phenoxy) is 1. The lowest BCUT2D eigenvalue weighted by Gasteiger charge is -2.43. The number of carbonyl (C=O) groups excluding carboxylic acids is 1. The molecule has 7 rings (SSSR count). The number of aromatic nitrogens is 5. The number of anilines is 1. The van der Waals surface area contributed by atoms with E-state index in [1.54, 1.807) is 0 Å². The highest BCUT2D eigenvalue weighted by atomic mass is 16.5. The second-order valence-electron chi connectivity index (χ2n) is 10.7. The highest BCUT2D eigenvalue weighted by Crippen LogP contribution is 2.32. The molecule has 3 aromatic heterocycles. The predicted molar refractivity (Wildman–Crippen MR) is 153 cm³/mol. The predicted octanol–water partition coefficient (Wildman–Crippen LogP) is 2.85. The monoisotopic (exact) mass is 536 g/mol. The van der Waals surface area contributed by atoms with Crippen LogP contribution in [0.1, 0.15) is 17.7 Å². The Morgan fingerprint density at radius 2 is 1.98 bits per heavy atom. The lowest BCUT2D eigenvalue weighted by molar-refractivity contribution is -0.152. The Morgan fingerprint density at radius 1 is 1.07 bits per heavy atom. The van der Waals surface area contributed by atoms with Gasteiger partial charge in [0.2, 0.25) is 5.91 Å². The van der Waals surface area contributed by atoms with Crippen LogP contribution in [-0.2, 0) is 22.5 Å². The van der Waals surface area contributed by atoms with E-state index in [0.29, 0.717) is 12.4 Å². The molecule has 10 heteroatoms. The van der Waals surface area contributed by atoms with Crippen molar-refractivity contribution in [1.82, 2.24) is 34.2 Å². The summed E-state index contributed by atoms with van der Waals surface area (Å²) < 4.78 is 9.40. The Balaban J connectivity index is 1.10. The molecule has 0 bridgehead atoms. The number of nitrogen functional groups attached to an aromatic ring is 1. The number of aryl methyl sites for hydroxylation is 1. The summed E-state index contributed by atoms with van der Waals surface area (Å²) >= 11 is 0. The van der Waals surface area contributed by atoms with Gasteiger partial charge in [-0.15, -0.1) is 0 Å². The van der Waals surface area contributed by atoms with E-state index in [9.17, 15) is 4.79 Å². The number of rotatable bonds is 7. The maximum absolute atomic E-state index is 12.1. The third kappa shape index (κ3) is 4.69. The summed E-state index contributed by atoms with van der Waals surface area (Å²) in [6.07, 6.45) is 5.43. The normalized spacial score (nSPS) is 18.1. The number of nitrogens with zero attached hydrogens (tertiary/aromatic N) is 7. The van der Waals surface area contributed by atoms with Gasteiger partial charge in [-0.05, 0) is 42.6 Å². The van der Waals surface area contributed by atoms with Gasteiger partial charge < -0.3 is 15.4 Å². The fourth-order valence-corrected chi connectivity index (χ4v) is 6.06. The van der Waals surface area contributed by atoms with Crippen LogP contribution in [0.5, 0.6) is 0 Å². The molecule has 2 fully saturated rings. The summed E-state index contributed by atoms with van der Waals surface area (Å²) in [4.78, 5) is 20.8. The van der Waals surface area contributed by atoms with E-state index in [0.717, 1.165) is 78.8 Å². The van der Waals surface area contributed by atoms with Crippen molar-refractivity contribution in [1.29, 1.82) is 0 Å². The molecule has 0 aliphatic carbocycles. The number of benzene rings is 2. The molecule has 40 heavy (non-hydrogen) atoms. The first-order chi connectivity index (χ1) is 19.6. The molecule has 2 aromatic carbocycles. The van der Waals surface area contributed by atoms with Crippen LogP contribution in [0, 0.1) is 0 Å². The number of morpholine rings is 1. The quantitative estimate of drug-likeness (QED) is 0.341. The van der Waals surface area contributed by atoms with E-state index in [-0.39, 0.29) is 18.6 Å². The zero-order chi connectivity index (χ0) is 27.1. The van der Waals surface area contributed by atoms with Gasteiger partial charge in [0.25, 0.3) is 0 Å². The van der Waals surface area contributed by atoms with Crippen molar-refractivity contribution >= 4 is 28.1 Å². The largest absolute Gasteiger partial charge is 0.382 e. The van der Waals surface area contributed by atoms with Gasteiger partial charge in [-0.2, -0.15) is 10.2 Å². The molecule has 5 heterocycles. The van der Waals surface area contributed by atoms with Gasteiger partial charge in [0.15, 0.2) is 5.82 Å². The Labute approximate surface area is 231 Å². The van der Waals surface area contributed by atoms with Crippen molar-refractivity contribution < 1.29 is 9.53 Å². The first-order valence-corrected chi connectivity index (χ1v) is 13.8. The third-order valence-electron chi connectivity index (χ3n) is 8.04. The van der Waals surface area contributed by atoms with Crippen LogP contribution < -0.4 is 5.73 Å². The van der Waals surface area contributed by atoms with Gasteiger partial charge >= 0.3 is 0 Å². The Kier molecular flexibility index (Phi) is 6.41. The number of hydrogen-bond donors (Lipinski definition) is 1. The minimum Gasteiger partial charge on any atom is -0.382 e. The number of piperazine rings is 1. The maximum atomic E-state index is 12.1. The highest BCUT2D eigenvalue weighted by molar-refractivity contribution is 5.92. The average molecular weight is 537 g/mol. The van der Waals surface area contributed by atoms with Crippen molar-refractivity contribution in [3.8, 4) is 11.1 Å². The van der Waals surface area contributed by atoms with E-state index in [1.807, 2.05) is 32.3 Å². The van der Waals surface area contributed by atoms with E-state index in [2.05, 4.69) is 57.6 Å². The Hall–Kier alpha value is -4.28. The molecule has 2 N–H and O–H groups in total. The Bertz CT molecular complexity index is 1680. The standard InChI is InChI=1S/C30H32N8O2/c31-30-29-26(22-8-9-23-16-36(34-27(23)13-22)15-21-5-2-1-3-6-21)14-24(38(29)33-20-32-30)7-4-10-35-11-12-37-25(17-35)18-40-19-28(37)39/h1-3,5-6,8-9,13-14,16,20,25H,4,7,10-12,15,17-19H2,(H2,31,32,33). The molecule has 5 aromatic rings. The average Bonchev–Trinajstić information content (AvgIpc) is 3.55. The maximum Gasteiger partial charge on any atom is 0.248 e. The van der Waals surface area contributed by atoms with Crippen molar-refractivity contribution in [2.45, 2.75) is 25.4 Å². The highest BCUT2D eigenvalue weighted by Gasteiger charge is 2.33. The molecule has 1 amide bonds. The molecule has 1 unspecified atom stereocenters. The molecule has 0 saturated carbocycles. The van der Waals surface area contributed by atoms with Crippen LogP contribution in [0.3, 0.4) is 0 Å². The first-order valence-electron chi connectivity index (χ1n) is 13.8. The summed E-state index contributed by atoms with van der Waals surface area (Å²) in [5, 5.41) is 10.5. The summed E-state index contributed by atoms with van der Waals surface area (Å²) in [7, 11) is 0. The zero-order valence-electron chi connectivity index (χ0n) is 22.3. The summed E-state index contributed by atoms with van der Waals surface area (Å²) in [5.74, 6) is 0.575. The molecular weight excluding hydrogens is 504 g/mol. The molecule has 2 saturated heterocycles. The molecule has 1 atom stereocenters. The van der Waals surface area contributed by atoms with Gasteiger partial charge in [0.1, 0.15) is 18.5 Å². The molecule has 2 aliphatic heterocycles. The number of amides is 1. The number of carbonyl (C=O) groups is 1. The van der Waals surface area contributed by atoms with Crippen LogP contribution in [0.2, 0.25) is 0 Å². The summed E-state index contributed by atoms with van der Waals surface area (Å²) in [6, 6.07) is 19.0. The van der Waals surface area contributed by atoms with Crippen molar-refractivity contribution in [2.75, 3.05) is 45.1 Å². The molecule has 0 radical (unpaired) electrons. The van der Waals surface area contributed by atoms with Crippen molar-refractivity contribution in [2.24, 2.45) is 0 Å². The van der Waals surface area contributed by atoms with E-state index < -0.39 is 0 Å². The number of nitrogens with two attached hydrogens (primary N) is 1. The van der Waals surface area contributed by atoms with E-state index in [1.165, 1.54) is 11.9 Å². The van der Waals surface area contributed by atoms with Crippen molar-refractivity contribution in [3.63, 3.8) is 0 Å². The van der Waals surface area contributed by atoms with E-state index in [4.69, 9.17) is 15.6 Å². The van der Waals surface area contributed by atoms with Crippen molar-refractivity contribution in [3.05, 3.63) is 78.4 Å². The number of fused-ring (bicyclic) bond motifs is 3. The molecule has 204 valence electrons. The van der Waals surface area contributed by atoms with Crippen LogP contribution >= 0.6 is 0 Å². The Morgan fingerprint density at radius 3 is 2.88 bits per heavy atom. The van der Waals surface area contributed by atoms with Crippen LogP contribution in [0.15, 0.2) is 67.1 Å². The zero-order valence-corrected chi connectivity index (χ0v) is 22.3. The van der Waals surface area contributed by atoms with Crippen LogP contribution in [-0.4, -0.2) is 85.5 Å². The SMILES string of the molecule is Nc1ncnn2c(CCCN3CCN4C(=O)COCC4C3)cc(-c3ccc4cn(Cc5ccccc5)nc4c3)c12. The van der Waals surface area contributed by atoms with E-state index >= 15 is 0 Å². The minimum absolute atomic E-state index is 0.113. The minimum atomic E-state index is 0.113. The molecule has 0 spiro atoms. The second-order valence-corrected chi connectivity index (χ2v) is 10.7. The fourth-order valence-electron chi connectivity index (χ4n) is 6.06. The molecular formula is C30H32N8O2. The second kappa shape index (κ2) is 10.4. The third-order valence-corrected chi connectivity index (χ3v) is 8.04. The summed E-state index contributed by atoms with van der Waals surface area (Å²) in [5.41, 5.74) is 12.5.